The predicted octanol–water partition coefficient (Wildman–Crippen LogP) is 13.4. The Labute approximate surface area is 325 Å². The van der Waals surface area contributed by atoms with E-state index < -0.39 is 0 Å². The lowest BCUT2D eigenvalue weighted by Crippen LogP contribution is -2.27. The molecule has 0 bridgehead atoms. The molecule has 0 fully saturated rings. The Morgan fingerprint density at radius 3 is 1.27 bits per heavy atom. The Morgan fingerprint density at radius 2 is 0.808 bits per heavy atom. The van der Waals surface area contributed by atoms with Crippen LogP contribution in [0.2, 0.25) is 0 Å². The monoisotopic (exact) mass is 737 g/mol. The first kappa shape index (κ1) is 50.9. The molecular weight excluding hydrogens is 645 g/mol. The van der Waals surface area contributed by atoms with Gasteiger partial charge in [-0.15, -0.1) is 0 Å². The molecule has 0 amide bonds. The van der Waals surface area contributed by atoms with Crippen LogP contribution in [0.1, 0.15) is 245 Å². The lowest BCUT2D eigenvalue weighted by Gasteiger charge is -2.22. The first-order valence-electron chi connectivity index (χ1n) is 23.3. The number of hydrogen-bond acceptors (Lipinski definition) is 6. The van der Waals surface area contributed by atoms with E-state index in [1.54, 1.807) is 0 Å². The second-order valence-corrected chi connectivity index (χ2v) is 15.9. The van der Waals surface area contributed by atoms with Crippen molar-refractivity contribution in [2.24, 2.45) is 5.73 Å². The predicted molar refractivity (Wildman–Crippen MR) is 225 cm³/mol. The standard InChI is InChI=1S/C46H92N2O4/c1-4-7-10-13-16-25-34-43-51-45(49)37-28-21-17-23-31-40-48(42-33-30-39-47)41-32-24-18-22-29-38-46(50)52-44(35-26-19-14-11-8-5-2)36-27-20-15-12-9-6-3/h44H,4-43,47H2,1-3H3. The maximum Gasteiger partial charge on any atom is 0.306 e. The summed E-state index contributed by atoms with van der Waals surface area (Å²) in [6, 6.07) is 0. The SMILES string of the molecule is CCCCCCCCCOC(=O)CCCCCCCN(CCCCN)CCCCCCCC(=O)OC(CCCCCCCC)CCCCCCCC. The topological polar surface area (TPSA) is 81.9 Å². The molecule has 0 saturated carbocycles. The van der Waals surface area contributed by atoms with E-state index in [0.717, 1.165) is 77.5 Å². The molecule has 0 aromatic rings. The molecule has 310 valence electrons. The summed E-state index contributed by atoms with van der Waals surface area (Å²) >= 11 is 0. The smallest absolute Gasteiger partial charge is 0.306 e. The van der Waals surface area contributed by atoms with Crippen LogP contribution in [0.25, 0.3) is 0 Å². The third kappa shape index (κ3) is 38.6. The maximum atomic E-state index is 12.7. The highest BCUT2D eigenvalue weighted by Gasteiger charge is 2.14. The summed E-state index contributed by atoms with van der Waals surface area (Å²) in [6.45, 7) is 11.6. The normalized spacial score (nSPS) is 11.6. The molecule has 0 aromatic heterocycles. The van der Waals surface area contributed by atoms with Crippen molar-refractivity contribution in [2.75, 3.05) is 32.8 Å². The molecule has 0 saturated heterocycles. The summed E-state index contributed by atoms with van der Waals surface area (Å²) in [5.74, 6) is 0.0232. The van der Waals surface area contributed by atoms with Gasteiger partial charge in [-0.25, -0.2) is 0 Å². The highest BCUT2D eigenvalue weighted by Crippen LogP contribution is 2.18. The fourth-order valence-electron chi connectivity index (χ4n) is 7.21. The van der Waals surface area contributed by atoms with Gasteiger partial charge in [-0.05, 0) is 96.8 Å². The van der Waals surface area contributed by atoms with Gasteiger partial charge in [0.05, 0.1) is 6.61 Å². The van der Waals surface area contributed by atoms with Crippen molar-refractivity contribution in [1.29, 1.82) is 0 Å². The molecule has 6 heteroatoms. The molecule has 0 radical (unpaired) electrons. The molecule has 2 N–H and O–H groups in total. The molecule has 6 nitrogen and oxygen atoms in total. The van der Waals surface area contributed by atoms with Crippen molar-refractivity contribution >= 4 is 11.9 Å². The van der Waals surface area contributed by atoms with E-state index in [9.17, 15) is 9.59 Å². The second-order valence-electron chi connectivity index (χ2n) is 15.9. The summed E-state index contributed by atoms with van der Waals surface area (Å²) in [7, 11) is 0. The van der Waals surface area contributed by atoms with Crippen LogP contribution in [0.4, 0.5) is 0 Å². The van der Waals surface area contributed by atoms with Crippen molar-refractivity contribution in [1.82, 2.24) is 4.90 Å². The van der Waals surface area contributed by atoms with Crippen LogP contribution in [-0.4, -0.2) is 55.7 Å². The maximum absolute atomic E-state index is 12.7. The number of unbranched alkanes of at least 4 members (excludes halogenated alkanes) is 25. The van der Waals surface area contributed by atoms with Crippen molar-refractivity contribution in [3.05, 3.63) is 0 Å². The summed E-state index contributed by atoms with van der Waals surface area (Å²) in [5.41, 5.74) is 5.78. The summed E-state index contributed by atoms with van der Waals surface area (Å²) in [5, 5.41) is 0. The highest BCUT2D eigenvalue weighted by atomic mass is 16.5. The lowest BCUT2D eigenvalue weighted by atomic mass is 10.0. The Hall–Kier alpha value is -1.14. The largest absolute Gasteiger partial charge is 0.466 e. The quantitative estimate of drug-likeness (QED) is 0.0496. The third-order valence-electron chi connectivity index (χ3n) is 10.7. The fraction of sp³-hybridized carbons (Fsp3) is 0.957. The fourth-order valence-corrected chi connectivity index (χ4v) is 7.21. The van der Waals surface area contributed by atoms with Gasteiger partial charge in [-0.2, -0.15) is 0 Å². The van der Waals surface area contributed by atoms with E-state index in [1.807, 2.05) is 0 Å². The van der Waals surface area contributed by atoms with Crippen LogP contribution in [0, 0.1) is 0 Å². The van der Waals surface area contributed by atoms with Gasteiger partial charge in [0, 0.05) is 12.8 Å². The average molecular weight is 737 g/mol. The van der Waals surface area contributed by atoms with Gasteiger partial charge in [0.1, 0.15) is 6.10 Å². The van der Waals surface area contributed by atoms with E-state index in [1.165, 1.54) is 161 Å². The summed E-state index contributed by atoms with van der Waals surface area (Å²) < 4.78 is 11.5. The number of nitrogens with two attached hydrogens (primary N) is 1. The van der Waals surface area contributed by atoms with Gasteiger partial charge in [-0.3, -0.25) is 9.59 Å². The van der Waals surface area contributed by atoms with Gasteiger partial charge in [0.2, 0.25) is 0 Å². The number of hydrogen-bond donors (Lipinski definition) is 1. The van der Waals surface area contributed by atoms with Crippen LogP contribution in [0.3, 0.4) is 0 Å². The number of nitrogens with zero attached hydrogens (tertiary/aromatic N) is 1. The number of ether oxygens (including phenoxy) is 2. The number of carbonyl (C=O) groups is 2. The van der Waals surface area contributed by atoms with Crippen LogP contribution >= 0.6 is 0 Å². The van der Waals surface area contributed by atoms with Crippen molar-refractivity contribution in [3.63, 3.8) is 0 Å². The molecule has 0 aliphatic heterocycles. The Bertz CT molecular complexity index is 717. The van der Waals surface area contributed by atoms with Gasteiger partial charge >= 0.3 is 11.9 Å². The molecule has 0 unspecified atom stereocenters. The van der Waals surface area contributed by atoms with E-state index in [2.05, 4.69) is 25.7 Å². The number of esters is 2. The van der Waals surface area contributed by atoms with Gasteiger partial charge in [0.15, 0.2) is 0 Å². The van der Waals surface area contributed by atoms with Crippen LogP contribution in [0.15, 0.2) is 0 Å². The highest BCUT2D eigenvalue weighted by molar-refractivity contribution is 5.69. The minimum atomic E-state index is -0.0109. The van der Waals surface area contributed by atoms with E-state index in [4.69, 9.17) is 15.2 Å². The van der Waals surface area contributed by atoms with E-state index in [-0.39, 0.29) is 18.0 Å². The Morgan fingerprint density at radius 1 is 0.442 bits per heavy atom. The summed E-state index contributed by atoms with van der Waals surface area (Å²) in [6.07, 6.45) is 41.3. The zero-order valence-electron chi connectivity index (χ0n) is 35.5. The van der Waals surface area contributed by atoms with Gasteiger partial charge in [0.25, 0.3) is 0 Å². The van der Waals surface area contributed by atoms with Crippen molar-refractivity contribution in [2.45, 2.75) is 252 Å². The molecule has 0 aliphatic rings. The second kappa shape index (κ2) is 42.6. The molecule has 0 aromatic carbocycles. The molecule has 0 aliphatic carbocycles. The Kier molecular flexibility index (Phi) is 41.7. The van der Waals surface area contributed by atoms with Crippen molar-refractivity contribution < 1.29 is 19.1 Å². The van der Waals surface area contributed by atoms with Crippen LogP contribution < -0.4 is 5.73 Å². The zero-order chi connectivity index (χ0) is 38.0. The zero-order valence-corrected chi connectivity index (χ0v) is 35.5. The first-order chi connectivity index (χ1) is 25.6. The molecule has 0 spiro atoms. The minimum absolute atomic E-state index is 0.0109. The first-order valence-corrected chi connectivity index (χ1v) is 23.3. The van der Waals surface area contributed by atoms with Gasteiger partial charge in [-0.1, -0.05) is 162 Å². The van der Waals surface area contributed by atoms with Gasteiger partial charge < -0.3 is 20.1 Å². The lowest BCUT2D eigenvalue weighted by molar-refractivity contribution is -0.150. The number of rotatable bonds is 43. The Balaban J connectivity index is 4.09. The average Bonchev–Trinajstić information content (AvgIpc) is 3.14. The van der Waals surface area contributed by atoms with Crippen LogP contribution in [-0.2, 0) is 19.1 Å². The van der Waals surface area contributed by atoms with E-state index in [0.29, 0.717) is 19.4 Å². The minimum Gasteiger partial charge on any atom is -0.466 e. The van der Waals surface area contributed by atoms with E-state index >= 15 is 0 Å². The summed E-state index contributed by atoms with van der Waals surface area (Å²) in [4.78, 5) is 27.4. The third-order valence-corrected chi connectivity index (χ3v) is 10.7. The molecular formula is C46H92N2O4. The van der Waals surface area contributed by atoms with Crippen molar-refractivity contribution in [3.8, 4) is 0 Å². The molecule has 0 heterocycles. The van der Waals surface area contributed by atoms with Crippen LogP contribution in [0.5, 0.6) is 0 Å². The molecule has 52 heavy (non-hydrogen) atoms. The number of carbonyl (C=O) groups excluding carboxylic acids is 2. The molecule has 0 rings (SSSR count). The molecule has 0 atom stereocenters.